The molecule has 9 heterocycles. The maximum atomic E-state index is 13.0. The highest BCUT2D eigenvalue weighted by atomic mass is 16.4. The summed E-state index contributed by atoms with van der Waals surface area (Å²) in [6, 6.07) is 60.9. The molecule has 8 aromatic carbocycles. The zero-order valence-electron chi connectivity index (χ0n) is 34.8. The van der Waals surface area contributed by atoms with E-state index in [4.69, 9.17) is 0 Å². The lowest BCUT2D eigenvalue weighted by atomic mass is 9.91. The summed E-state index contributed by atoms with van der Waals surface area (Å²) in [6.45, 7) is 2.50. The fraction of sp³-hybridized carbons (Fsp3) is 0.0714. The quantitative estimate of drug-likeness (QED) is 0.170. The Hall–Kier alpha value is -8.36. The molecule has 0 fully saturated rings. The first-order valence-electron chi connectivity index (χ1n) is 21.4. The molecule has 0 saturated carbocycles. The van der Waals surface area contributed by atoms with Crippen LogP contribution >= 0.6 is 0 Å². The summed E-state index contributed by atoms with van der Waals surface area (Å²) < 4.78 is 8.95. The van der Waals surface area contributed by atoms with Crippen molar-refractivity contribution in [2.45, 2.75) is 26.2 Å². The molecule has 0 saturated heterocycles. The second-order valence-electron chi connectivity index (χ2n) is 16.6. The van der Waals surface area contributed by atoms with E-state index in [1.165, 1.54) is 0 Å². The van der Waals surface area contributed by atoms with Crippen LogP contribution in [-0.2, 0) is 26.2 Å². The second-order valence-corrected chi connectivity index (χ2v) is 16.6. The lowest BCUT2D eigenvalue weighted by Crippen LogP contribution is -2.32. The Morgan fingerprint density at radius 2 is 0.688 bits per heavy atom. The average Bonchev–Trinajstić information content (AvgIpc) is 3.85. The number of fused-ring (bicyclic) bond motifs is 2. The summed E-state index contributed by atoms with van der Waals surface area (Å²) in [6.07, 6.45) is 4.28. The molecule has 7 aliphatic heterocycles. The van der Waals surface area contributed by atoms with Crippen molar-refractivity contribution in [3.63, 3.8) is 0 Å². The van der Waals surface area contributed by atoms with E-state index in [1.807, 2.05) is 109 Å². The molecule has 0 aliphatic carbocycles. The Morgan fingerprint density at radius 1 is 0.375 bits per heavy atom. The molecule has 10 aromatic rings. The number of para-hydroxylation sites is 4. The topological polar surface area (TPSA) is 92.2 Å². The van der Waals surface area contributed by atoms with Crippen LogP contribution in [0.2, 0.25) is 0 Å². The molecule has 0 atom stereocenters. The van der Waals surface area contributed by atoms with Crippen LogP contribution in [0, 0.1) is 0 Å². The standard InChI is InChI=1S/C56H40N4O4/c61-55(62)53-45-7-5-9-47(53)43-27-19-39(20-28-43)33-59-36-60(52-14-4-3-13-51(52)59)34-40-21-29-44(30-22-40)48-10-6-8-46(54(48)56(63)64)42-25-17-38(18-26-42)32-58-35-57(49-11-1-2-12-50(49)58)31-37-15-23-41(45)24-16-37/h1-30,35-36H,31-34H2/p+2. The molecule has 0 unspecified atom stereocenters. The van der Waals surface area contributed by atoms with Crippen LogP contribution in [0.25, 0.3) is 66.6 Å². The van der Waals surface area contributed by atoms with Crippen molar-refractivity contribution in [3.8, 4) is 44.5 Å². The van der Waals surface area contributed by atoms with Crippen molar-refractivity contribution in [1.29, 1.82) is 0 Å². The van der Waals surface area contributed by atoms with Gasteiger partial charge in [-0.05, 0) is 91.0 Å². The second kappa shape index (κ2) is 15.8. The largest absolute Gasteiger partial charge is 0.478 e. The minimum Gasteiger partial charge on any atom is -0.478 e. The van der Waals surface area contributed by atoms with E-state index in [0.29, 0.717) is 48.4 Å². The number of aromatic nitrogens is 4. The van der Waals surface area contributed by atoms with Crippen LogP contribution in [0.5, 0.6) is 0 Å². The van der Waals surface area contributed by atoms with Gasteiger partial charge < -0.3 is 10.2 Å². The number of rotatable bonds is 2. The first-order chi connectivity index (χ1) is 31.3. The number of carboxylic acids is 2. The molecule has 8 nitrogen and oxygen atoms in total. The van der Waals surface area contributed by atoms with Crippen molar-refractivity contribution in [1.82, 2.24) is 9.13 Å². The lowest BCUT2D eigenvalue weighted by Gasteiger charge is -2.13. The summed E-state index contributed by atoms with van der Waals surface area (Å²) in [5.41, 5.74) is 15.3. The van der Waals surface area contributed by atoms with Gasteiger partial charge in [-0.15, -0.1) is 0 Å². The van der Waals surface area contributed by atoms with Crippen LogP contribution in [0.3, 0.4) is 0 Å². The average molecular weight is 835 g/mol. The van der Waals surface area contributed by atoms with E-state index in [-0.39, 0.29) is 11.1 Å². The van der Waals surface area contributed by atoms with E-state index in [0.717, 1.165) is 66.6 Å². The van der Waals surface area contributed by atoms with Gasteiger partial charge in [0.15, 0.2) is 22.1 Å². The van der Waals surface area contributed by atoms with Gasteiger partial charge in [0.05, 0.1) is 11.1 Å². The van der Waals surface area contributed by atoms with Crippen LogP contribution < -0.4 is 9.13 Å². The van der Waals surface area contributed by atoms with E-state index in [2.05, 4.69) is 104 Å². The lowest BCUT2D eigenvalue weighted by molar-refractivity contribution is -0.663. The van der Waals surface area contributed by atoms with Gasteiger partial charge in [-0.2, -0.15) is 0 Å². The first-order valence-corrected chi connectivity index (χ1v) is 21.4. The number of hydrogen-bond acceptors (Lipinski definition) is 2. The van der Waals surface area contributed by atoms with E-state index in [9.17, 15) is 19.8 Å². The fourth-order valence-electron chi connectivity index (χ4n) is 9.46. The van der Waals surface area contributed by atoms with Gasteiger partial charge in [-0.3, -0.25) is 0 Å². The summed E-state index contributed by atoms with van der Waals surface area (Å²) in [7, 11) is 0. The van der Waals surface area contributed by atoms with Crippen LogP contribution in [0.1, 0.15) is 43.0 Å². The molecule has 308 valence electrons. The van der Waals surface area contributed by atoms with Crippen molar-refractivity contribution >= 4 is 34.0 Å². The van der Waals surface area contributed by atoms with Crippen LogP contribution in [-0.4, -0.2) is 31.3 Å². The molecule has 64 heavy (non-hydrogen) atoms. The molecule has 2 aromatic heterocycles. The Balaban J connectivity index is 1.02. The van der Waals surface area contributed by atoms with Crippen LogP contribution in [0.4, 0.5) is 0 Å². The maximum absolute atomic E-state index is 13.0. The molecule has 2 N–H and O–H groups in total. The fourth-order valence-corrected chi connectivity index (χ4v) is 9.46. The summed E-state index contributed by atoms with van der Waals surface area (Å²) in [4.78, 5) is 26.0. The third-order valence-corrected chi connectivity index (χ3v) is 12.6. The molecular weight excluding hydrogens is 793 g/mol. The molecule has 8 heteroatoms. The third kappa shape index (κ3) is 7.01. The number of hydrogen-bond donors (Lipinski definition) is 2. The number of nitrogens with zero attached hydrogens (tertiary/aromatic N) is 4. The van der Waals surface area contributed by atoms with Gasteiger partial charge >= 0.3 is 11.9 Å². The molecule has 0 spiro atoms. The van der Waals surface area contributed by atoms with Gasteiger partial charge in [-0.1, -0.05) is 158 Å². The summed E-state index contributed by atoms with van der Waals surface area (Å²) in [5, 5.41) is 21.3. The molecule has 7 aliphatic rings. The number of benzene rings is 8. The van der Waals surface area contributed by atoms with E-state index >= 15 is 0 Å². The van der Waals surface area contributed by atoms with Crippen molar-refractivity contribution in [3.05, 3.63) is 228 Å². The van der Waals surface area contributed by atoms with Crippen molar-refractivity contribution in [2.24, 2.45) is 0 Å². The monoisotopic (exact) mass is 834 g/mol. The number of imidazole rings is 2. The zero-order valence-corrected chi connectivity index (χ0v) is 34.8. The van der Waals surface area contributed by atoms with Crippen molar-refractivity contribution in [2.75, 3.05) is 0 Å². The molecule has 16 bridgehead atoms. The predicted molar refractivity (Wildman–Crippen MR) is 249 cm³/mol. The van der Waals surface area contributed by atoms with Gasteiger partial charge in [0.25, 0.3) is 0 Å². The molecule has 0 radical (unpaired) electrons. The van der Waals surface area contributed by atoms with E-state index < -0.39 is 11.9 Å². The Bertz CT molecular complexity index is 2980. The number of carbonyl (C=O) groups is 2. The maximum Gasteiger partial charge on any atom is 0.336 e. The normalized spacial score (nSPS) is 12.4. The highest BCUT2D eigenvalue weighted by molar-refractivity contribution is 6.04. The van der Waals surface area contributed by atoms with Crippen molar-refractivity contribution < 1.29 is 28.9 Å². The minimum absolute atomic E-state index is 0.278. The summed E-state index contributed by atoms with van der Waals surface area (Å²) >= 11 is 0. The van der Waals surface area contributed by atoms with Gasteiger partial charge in [0, 0.05) is 0 Å². The summed E-state index contributed by atoms with van der Waals surface area (Å²) in [5.74, 6) is -1.93. The number of aromatic carboxylic acids is 2. The third-order valence-electron chi connectivity index (χ3n) is 12.6. The van der Waals surface area contributed by atoms with Gasteiger partial charge in [0.2, 0.25) is 12.7 Å². The highest BCUT2D eigenvalue weighted by Crippen LogP contribution is 2.35. The smallest absolute Gasteiger partial charge is 0.336 e. The molecule has 17 rings (SSSR count). The SMILES string of the molecule is O=C(O)c1c2cccc1-c1ccc(cc1)Cn1c[n+](c3ccccc31)Cc1ccc(cc1)-c1cccc(c1C(=O)O)-c1ccc(cc1)C[n+]1cn(c3ccccc31)Cc1ccc-2cc1. The van der Waals surface area contributed by atoms with Gasteiger partial charge in [0.1, 0.15) is 26.2 Å². The zero-order chi connectivity index (χ0) is 43.3. The first kappa shape index (κ1) is 38.6. The van der Waals surface area contributed by atoms with Crippen LogP contribution in [0.15, 0.2) is 195 Å². The Labute approximate surface area is 369 Å². The van der Waals surface area contributed by atoms with Gasteiger partial charge in [-0.25, -0.2) is 27.9 Å². The molecular formula is C56H42N4O4+2. The van der Waals surface area contributed by atoms with E-state index in [1.54, 1.807) is 0 Å². The highest BCUT2D eigenvalue weighted by Gasteiger charge is 2.22. The Kier molecular flexibility index (Phi) is 9.54. The predicted octanol–water partition coefficient (Wildman–Crippen LogP) is 10.7. The minimum atomic E-state index is -0.967. The number of carboxylic acid groups (broad SMARTS) is 2. The Morgan fingerprint density at radius 3 is 1.02 bits per heavy atom. The molecule has 0 amide bonds.